The second kappa shape index (κ2) is 9.56. The number of halogens is 3. The molecule has 3 heterocycles. The van der Waals surface area contributed by atoms with Crippen molar-refractivity contribution in [2.24, 2.45) is 5.92 Å². The molecule has 1 aliphatic rings. The lowest BCUT2D eigenvalue weighted by atomic mass is 9.96. The van der Waals surface area contributed by atoms with Gasteiger partial charge >= 0.3 is 6.18 Å². The molecule has 0 radical (unpaired) electrons. The minimum absolute atomic E-state index is 0.0280. The summed E-state index contributed by atoms with van der Waals surface area (Å²) in [6.07, 6.45) is 2.29. The fourth-order valence-corrected chi connectivity index (χ4v) is 3.26. The summed E-state index contributed by atoms with van der Waals surface area (Å²) in [5.74, 6) is 0.974. The molecule has 2 aromatic rings. The molecule has 3 rings (SSSR count). The maximum Gasteiger partial charge on any atom is 0.416 e. The van der Waals surface area contributed by atoms with E-state index in [9.17, 15) is 18.4 Å². The predicted molar refractivity (Wildman–Crippen MR) is 102 cm³/mol. The number of anilines is 2. The van der Waals surface area contributed by atoms with Crippen molar-refractivity contribution >= 4 is 11.5 Å². The van der Waals surface area contributed by atoms with Gasteiger partial charge in [-0.05, 0) is 31.2 Å². The van der Waals surface area contributed by atoms with Crippen LogP contribution in [0.25, 0.3) is 0 Å². The molecule has 0 amide bonds. The summed E-state index contributed by atoms with van der Waals surface area (Å²) in [7, 11) is 0. The van der Waals surface area contributed by atoms with Gasteiger partial charge in [0.1, 0.15) is 11.9 Å². The minimum atomic E-state index is -4.45. The normalized spacial score (nSPS) is 15.0. The molecule has 0 aromatic carbocycles. The van der Waals surface area contributed by atoms with E-state index in [1.165, 1.54) is 12.4 Å². The van der Waals surface area contributed by atoms with E-state index in [-0.39, 0.29) is 12.1 Å². The summed E-state index contributed by atoms with van der Waals surface area (Å²) < 4.78 is 44.7. The van der Waals surface area contributed by atoms with Gasteiger partial charge in [0.15, 0.2) is 0 Å². The molecule has 0 bridgehead atoms. The quantitative estimate of drug-likeness (QED) is 0.718. The van der Waals surface area contributed by atoms with Gasteiger partial charge in [0.25, 0.3) is 0 Å². The minimum Gasteiger partial charge on any atom is -0.384 e. The molecule has 2 aromatic heterocycles. The van der Waals surface area contributed by atoms with Crippen molar-refractivity contribution in [1.82, 2.24) is 9.97 Å². The van der Waals surface area contributed by atoms with Crippen molar-refractivity contribution in [3.63, 3.8) is 0 Å². The number of nitriles is 1. The Morgan fingerprint density at radius 2 is 2.00 bits per heavy atom. The second-order valence-corrected chi connectivity index (χ2v) is 6.88. The Kier molecular flexibility index (Phi) is 6.88. The third kappa shape index (κ3) is 5.81. The van der Waals surface area contributed by atoms with Gasteiger partial charge < -0.3 is 15.4 Å². The van der Waals surface area contributed by atoms with E-state index in [0.29, 0.717) is 29.5 Å². The van der Waals surface area contributed by atoms with Crippen molar-refractivity contribution in [3.05, 3.63) is 47.4 Å². The van der Waals surface area contributed by atoms with E-state index in [2.05, 4.69) is 26.7 Å². The van der Waals surface area contributed by atoms with Gasteiger partial charge in [0, 0.05) is 56.5 Å². The van der Waals surface area contributed by atoms with Crippen LogP contribution in [0.3, 0.4) is 0 Å². The number of alkyl halides is 3. The fourth-order valence-electron chi connectivity index (χ4n) is 3.26. The molecule has 6 nitrogen and oxygen atoms in total. The number of hydrogen-bond donors (Lipinski definition) is 2. The van der Waals surface area contributed by atoms with Crippen LogP contribution in [-0.2, 0) is 17.5 Å². The third-order valence-corrected chi connectivity index (χ3v) is 4.90. The van der Waals surface area contributed by atoms with Gasteiger partial charge in [-0.25, -0.2) is 4.98 Å². The van der Waals surface area contributed by atoms with Crippen LogP contribution in [0.4, 0.5) is 24.7 Å². The molecule has 1 saturated heterocycles. The first kappa shape index (κ1) is 20.9. The monoisotopic (exact) mass is 405 g/mol. The number of aromatic nitrogens is 2. The fraction of sp³-hybridized carbons (Fsp3) is 0.450. The van der Waals surface area contributed by atoms with Gasteiger partial charge in [-0.1, -0.05) is 0 Å². The van der Waals surface area contributed by atoms with Crippen LogP contribution in [0.15, 0.2) is 30.7 Å². The van der Waals surface area contributed by atoms with Crippen LogP contribution in [0.1, 0.15) is 36.0 Å². The Morgan fingerprint density at radius 3 is 2.72 bits per heavy atom. The number of hydrogen-bond acceptors (Lipinski definition) is 6. The summed E-state index contributed by atoms with van der Waals surface area (Å²) >= 11 is 0. The van der Waals surface area contributed by atoms with E-state index in [0.717, 1.165) is 44.7 Å². The molecule has 2 N–H and O–H groups in total. The molecular formula is C20H22F3N5O. The molecule has 0 atom stereocenters. The summed E-state index contributed by atoms with van der Waals surface area (Å²) in [5.41, 5.74) is 0.294. The van der Waals surface area contributed by atoms with E-state index in [1.54, 1.807) is 6.07 Å². The molecule has 0 aliphatic carbocycles. The van der Waals surface area contributed by atoms with E-state index < -0.39 is 11.7 Å². The van der Waals surface area contributed by atoms with Crippen molar-refractivity contribution in [3.8, 4) is 6.07 Å². The second-order valence-electron chi connectivity index (χ2n) is 6.88. The summed E-state index contributed by atoms with van der Waals surface area (Å²) in [5, 5.41) is 15.4. The number of rotatable bonds is 7. The molecule has 1 aliphatic heterocycles. The maximum absolute atomic E-state index is 13.1. The number of pyridine rings is 2. The molecule has 0 saturated carbocycles. The van der Waals surface area contributed by atoms with E-state index >= 15 is 0 Å². The lowest BCUT2D eigenvalue weighted by Crippen LogP contribution is -2.18. The molecule has 0 spiro atoms. The molecule has 1 fully saturated rings. The van der Waals surface area contributed by atoms with Crippen LogP contribution < -0.4 is 10.6 Å². The van der Waals surface area contributed by atoms with Crippen molar-refractivity contribution in [2.45, 2.75) is 32.0 Å². The van der Waals surface area contributed by atoms with Gasteiger partial charge in [0.05, 0.1) is 16.8 Å². The Hall–Kier alpha value is -2.86. The Morgan fingerprint density at radius 1 is 1.21 bits per heavy atom. The van der Waals surface area contributed by atoms with Crippen LogP contribution >= 0.6 is 0 Å². The zero-order chi connectivity index (χ0) is 20.7. The number of ether oxygens (including phenoxy) is 1. The molecular weight excluding hydrogens is 383 g/mol. The summed E-state index contributed by atoms with van der Waals surface area (Å²) in [6.45, 7) is 2.18. The smallest absolute Gasteiger partial charge is 0.384 e. The van der Waals surface area contributed by atoms with Crippen LogP contribution in [0.2, 0.25) is 0 Å². The lowest BCUT2D eigenvalue weighted by Gasteiger charge is -2.22. The van der Waals surface area contributed by atoms with Gasteiger partial charge in [-0.15, -0.1) is 0 Å². The highest BCUT2D eigenvalue weighted by atomic mass is 19.4. The van der Waals surface area contributed by atoms with Gasteiger partial charge in [-0.2, -0.15) is 18.4 Å². The highest BCUT2D eigenvalue weighted by Gasteiger charge is 2.33. The standard InChI is InChI=1S/C20H22F3N5O/c21-20(22,23)17-2-5-25-11-16(17)13-28-19-9-18(15(10-24)12-27-19)26-6-1-14-3-7-29-8-4-14/h2,5,9,11-12,14H,1,3-4,6-8,13H2,(H2,26,27,28). The number of nitrogens with one attached hydrogen (secondary N) is 2. The average Bonchev–Trinajstić information content (AvgIpc) is 2.73. The first-order valence-corrected chi connectivity index (χ1v) is 9.43. The van der Waals surface area contributed by atoms with Crippen LogP contribution in [0.5, 0.6) is 0 Å². The van der Waals surface area contributed by atoms with Crippen LogP contribution in [-0.4, -0.2) is 29.7 Å². The average molecular weight is 405 g/mol. The highest BCUT2D eigenvalue weighted by Crippen LogP contribution is 2.31. The third-order valence-electron chi connectivity index (χ3n) is 4.90. The van der Waals surface area contributed by atoms with Crippen molar-refractivity contribution < 1.29 is 17.9 Å². The summed E-state index contributed by atoms with van der Waals surface area (Å²) in [4.78, 5) is 7.90. The molecule has 154 valence electrons. The van der Waals surface area contributed by atoms with Crippen molar-refractivity contribution in [1.29, 1.82) is 5.26 Å². The largest absolute Gasteiger partial charge is 0.416 e. The highest BCUT2D eigenvalue weighted by molar-refractivity contribution is 5.61. The number of nitrogens with zero attached hydrogens (tertiary/aromatic N) is 3. The zero-order valence-electron chi connectivity index (χ0n) is 15.8. The van der Waals surface area contributed by atoms with E-state index in [4.69, 9.17) is 4.74 Å². The Bertz CT molecular complexity index is 860. The zero-order valence-corrected chi connectivity index (χ0v) is 15.8. The Balaban J connectivity index is 1.63. The van der Waals surface area contributed by atoms with Gasteiger partial charge in [0.2, 0.25) is 0 Å². The Labute approximate surface area is 167 Å². The topological polar surface area (TPSA) is 82.9 Å². The van der Waals surface area contributed by atoms with Gasteiger partial charge in [-0.3, -0.25) is 4.98 Å². The molecule has 9 heteroatoms. The van der Waals surface area contributed by atoms with Crippen LogP contribution in [0, 0.1) is 17.2 Å². The summed E-state index contributed by atoms with van der Waals surface area (Å²) in [6, 6.07) is 4.68. The van der Waals surface area contributed by atoms with E-state index in [1.807, 2.05) is 0 Å². The first-order valence-electron chi connectivity index (χ1n) is 9.43. The predicted octanol–water partition coefficient (Wildman–Crippen LogP) is 4.21. The SMILES string of the molecule is N#Cc1cnc(NCc2cnccc2C(F)(F)F)cc1NCCC1CCOCC1. The lowest BCUT2D eigenvalue weighted by molar-refractivity contribution is -0.138. The molecule has 29 heavy (non-hydrogen) atoms. The maximum atomic E-state index is 13.1. The first-order chi connectivity index (χ1) is 14.0. The van der Waals surface area contributed by atoms with Crippen molar-refractivity contribution in [2.75, 3.05) is 30.4 Å². The molecule has 0 unspecified atom stereocenters.